The lowest BCUT2D eigenvalue weighted by Crippen LogP contribution is -2.04. The van der Waals surface area contributed by atoms with E-state index in [1.807, 2.05) is 53.2 Å². The summed E-state index contributed by atoms with van der Waals surface area (Å²) in [5.74, 6) is -0.935. The van der Waals surface area contributed by atoms with E-state index in [9.17, 15) is 9.90 Å². The third kappa shape index (κ3) is 1.71. The molecule has 22 heavy (non-hydrogen) atoms. The number of para-hydroxylation sites is 2. The lowest BCUT2D eigenvalue weighted by molar-refractivity contribution is 0.0697. The van der Waals surface area contributed by atoms with Gasteiger partial charge in [0.1, 0.15) is 0 Å². The third-order valence-corrected chi connectivity index (χ3v) is 3.85. The molecule has 4 nitrogen and oxygen atoms in total. The van der Waals surface area contributed by atoms with E-state index in [-0.39, 0.29) is 5.56 Å². The van der Waals surface area contributed by atoms with Gasteiger partial charge in [-0.1, -0.05) is 30.3 Å². The minimum Gasteiger partial charge on any atom is -0.478 e. The van der Waals surface area contributed by atoms with Crippen molar-refractivity contribution in [3.8, 4) is 5.69 Å². The molecule has 0 saturated heterocycles. The highest BCUT2D eigenvalue weighted by Crippen LogP contribution is 2.32. The van der Waals surface area contributed by atoms with Gasteiger partial charge in [-0.2, -0.15) is 0 Å². The molecule has 2 aromatic carbocycles. The van der Waals surface area contributed by atoms with E-state index in [0.717, 1.165) is 21.8 Å². The number of hydrogen-bond acceptors (Lipinski definition) is 2. The fourth-order valence-corrected chi connectivity index (χ4v) is 2.92. The van der Waals surface area contributed by atoms with Crippen LogP contribution in [0.4, 0.5) is 0 Å². The summed E-state index contributed by atoms with van der Waals surface area (Å²) >= 11 is 0. The van der Waals surface area contributed by atoms with Gasteiger partial charge in [-0.25, -0.2) is 4.79 Å². The van der Waals surface area contributed by atoms with Crippen LogP contribution in [-0.2, 0) is 0 Å². The number of carbonyl (C=O) groups is 1. The number of carboxylic acids is 1. The Bertz CT molecular complexity index is 965. The van der Waals surface area contributed by atoms with Gasteiger partial charge in [0.15, 0.2) is 0 Å². The number of benzene rings is 2. The highest BCUT2D eigenvalue weighted by Gasteiger charge is 2.16. The molecule has 0 bridgehead atoms. The van der Waals surface area contributed by atoms with Crippen molar-refractivity contribution in [2.75, 3.05) is 0 Å². The fourth-order valence-electron chi connectivity index (χ4n) is 2.92. The average Bonchev–Trinajstić information content (AvgIpc) is 2.89. The van der Waals surface area contributed by atoms with E-state index in [4.69, 9.17) is 0 Å². The van der Waals surface area contributed by atoms with Crippen molar-refractivity contribution in [3.05, 3.63) is 72.6 Å². The number of aromatic nitrogens is 2. The maximum absolute atomic E-state index is 11.6. The molecule has 4 rings (SSSR count). The average molecular weight is 288 g/mol. The molecule has 0 aliphatic heterocycles. The zero-order valence-electron chi connectivity index (χ0n) is 11.6. The minimum absolute atomic E-state index is 0.280. The number of rotatable bonds is 2. The molecule has 0 aliphatic carbocycles. The van der Waals surface area contributed by atoms with Gasteiger partial charge in [0.05, 0.1) is 22.3 Å². The van der Waals surface area contributed by atoms with E-state index in [1.54, 1.807) is 18.3 Å². The first kappa shape index (κ1) is 12.6. The molecular formula is C18H12N2O2. The van der Waals surface area contributed by atoms with Gasteiger partial charge in [0.25, 0.3) is 0 Å². The van der Waals surface area contributed by atoms with Crippen molar-refractivity contribution in [2.24, 2.45) is 0 Å². The zero-order valence-corrected chi connectivity index (χ0v) is 11.6. The van der Waals surface area contributed by atoms with Crippen LogP contribution in [0.2, 0.25) is 0 Å². The van der Waals surface area contributed by atoms with Crippen LogP contribution in [0.1, 0.15) is 10.4 Å². The molecule has 0 radical (unpaired) electrons. The number of nitrogens with zero attached hydrogens (tertiary/aromatic N) is 2. The number of fused-ring (bicyclic) bond motifs is 3. The van der Waals surface area contributed by atoms with Gasteiger partial charge in [0.2, 0.25) is 0 Å². The van der Waals surface area contributed by atoms with Gasteiger partial charge in [-0.3, -0.25) is 4.98 Å². The minimum atomic E-state index is -0.935. The molecule has 2 aromatic heterocycles. The van der Waals surface area contributed by atoms with Crippen molar-refractivity contribution in [2.45, 2.75) is 0 Å². The number of hydrogen-bond donors (Lipinski definition) is 1. The van der Waals surface area contributed by atoms with Gasteiger partial charge in [0, 0.05) is 23.2 Å². The first-order chi connectivity index (χ1) is 10.8. The molecule has 0 saturated carbocycles. The van der Waals surface area contributed by atoms with Crippen molar-refractivity contribution < 1.29 is 9.90 Å². The number of carboxylic acid groups (broad SMARTS) is 1. The largest absolute Gasteiger partial charge is 0.478 e. The molecule has 4 aromatic rings. The lowest BCUT2D eigenvalue weighted by atomic mass is 10.1. The van der Waals surface area contributed by atoms with Gasteiger partial charge in [-0.05, 0) is 24.3 Å². The summed E-state index contributed by atoms with van der Waals surface area (Å²) in [6, 6.07) is 16.9. The lowest BCUT2D eigenvalue weighted by Gasteiger charge is -2.10. The van der Waals surface area contributed by atoms with Crippen LogP contribution in [0.5, 0.6) is 0 Å². The van der Waals surface area contributed by atoms with E-state index in [2.05, 4.69) is 4.98 Å². The monoisotopic (exact) mass is 288 g/mol. The summed E-state index contributed by atoms with van der Waals surface area (Å²) in [6.07, 6.45) is 3.54. The second-order valence-electron chi connectivity index (χ2n) is 5.07. The first-order valence-electron chi connectivity index (χ1n) is 6.93. The second kappa shape index (κ2) is 4.70. The summed E-state index contributed by atoms with van der Waals surface area (Å²) in [5.41, 5.74) is 2.86. The summed E-state index contributed by atoms with van der Waals surface area (Å²) in [4.78, 5) is 15.8. The van der Waals surface area contributed by atoms with Gasteiger partial charge >= 0.3 is 5.97 Å². The van der Waals surface area contributed by atoms with E-state index >= 15 is 0 Å². The number of pyridine rings is 1. The Balaban J connectivity index is 2.21. The van der Waals surface area contributed by atoms with Crippen LogP contribution >= 0.6 is 0 Å². The van der Waals surface area contributed by atoms with Crippen LogP contribution in [0, 0.1) is 0 Å². The molecule has 0 aliphatic rings. The summed E-state index contributed by atoms with van der Waals surface area (Å²) in [5, 5.41) is 11.6. The van der Waals surface area contributed by atoms with Crippen molar-refractivity contribution in [1.82, 2.24) is 9.55 Å². The highest BCUT2D eigenvalue weighted by atomic mass is 16.4. The predicted molar refractivity (Wildman–Crippen MR) is 85.5 cm³/mol. The maximum atomic E-state index is 11.6. The SMILES string of the molecule is O=C(O)c1ccccc1-n1c2ccccc2c2cnccc21. The molecule has 106 valence electrons. The maximum Gasteiger partial charge on any atom is 0.337 e. The first-order valence-corrected chi connectivity index (χ1v) is 6.93. The Morgan fingerprint density at radius 1 is 0.909 bits per heavy atom. The van der Waals surface area contributed by atoms with E-state index in [0.29, 0.717) is 5.69 Å². The predicted octanol–water partition coefficient (Wildman–Crippen LogP) is 3.88. The Morgan fingerprint density at radius 3 is 2.50 bits per heavy atom. The molecule has 0 fully saturated rings. The molecular weight excluding hydrogens is 276 g/mol. The summed E-state index contributed by atoms with van der Waals surface area (Å²) < 4.78 is 1.98. The van der Waals surface area contributed by atoms with Crippen LogP contribution < -0.4 is 0 Å². The Morgan fingerprint density at radius 2 is 1.64 bits per heavy atom. The van der Waals surface area contributed by atoms with Crippen molar-refractivity contribution in [3.63, 3.8) is 0 Å². The van der Waals surface area contributed by atoms with E-state index in [1.165, 1.54) is 0 Å². The Kier molecular flexibility index (Phi) is 2.69. The van der Waals surface area contributed by atoms with Gasteiger partial charge < -0.3 is 9.67 Å². The highest BCUT2D eigenvalue weighted by molar-refractivity contribution is 6.09. The van der Waals surface area contributed by atoms with Crippen LogP contribution in [-0.4, -0.2) is 20.6 Å². The zero-order chi connectivity index (χ0) is 15.1. The van der Waals surface area contributed by atoms with Crippen molar-refractivity contribution in [1.29, 1.82) is 0 Å². The molecule has 0 amide bonds. The smallest absolute Gasteiger partial charge is 0.337 e. The second-order valence-corrected chi connectivity index (χ2v) is 5.07. The molecule has 0 spiro atoms. The standard InChI is InChI=1S/C18H12N2O2/c21-18(22)13-6-2-4-8-16(13)20-15-7-3-1-5-12(15)14-11-19-10-9-17(14)20/h1-11H,(H,21,22). The molecule has 4 heteroatoms. The number of aromatic carboxylic acids is 1. The molecule has 1 N–H and O–H groups in total. The van der Waals surface area contributed by atoms with Crippen LogP contribution in [0.3, 0.4) is 0 Å². The Hall–Kier alpha value is -3.14. The molecule has 0 unspecified atom stereocenters. The van der Waals surface area contributed by atoms with Crippen molar-refractivity contribution >= 4 is 27.8 Å². The summed E-state index contributed by atoms with van der Waals surface area (Å²) in [7, 11) is 0. The molecule has 2 heterocycles. The topological polar surface area (TPSA) is 55.1 Å². The van der Waals surface area contributed by atoms with Crippen LogP contribution in [0.15, 0.2) is 67.0 Å². The van der Waals surface area contributed by atoms with Gasteiger partial charge in [-0.15, -0.1) is 0 Å². The van der Waals surface area contributed by atoms with E-state index < -0.39 is 5.97 Å². The third-order valence-electron chi connectivity index (χ3n) is 3.85. The Labute approximate surface area is 126 Å². The summed E-state index contributed by atoms with van der Waals surface area (Å²) in [6.45, 7) is 0. The normalized spacial score (nSPS) is 11.1. The molecule has 0 atom stereocenters. The quantitative estimate of drug-likeness (QED) is 0.609. The van der Waals surface area contributed by atoms with Crippen LogP contribution in [0.25, 0.3) is 27.5 Å². The fraction of sp³-hybridized carbons (Fsp3) is 0.